The zero-order valence-electron chi connectivity index (χ0n) is 15.4. The smallest absolute Gasteiger partial charge is 0.251 e. The average Bonchev–Trinajstić information content (AvgIpc) is 2.68. The molecule has 5 nitrogen and oxygen atoms in total. The number of rotatable bonds is 5. The Hall–Kier alpha value is -2.37. The van der Waals surface area contributed by atoms with Crippen molar-refractivity contribution in [2.45, 2.75) is 25.4 Å². The number of carbonyl (C=O) groups excluding carboxylic acids is 2. The van der Waals surface area contributed by atoms with Crippen molar-refractivity contribution in [1.29, 1.82) is 0 Å². The number of halogens is 1. The number of carbonyl (C=O) groups is 2. The van der Waals surface area contributed by atoms with E-state index in [9.17, 15) is 9.59 Å². The van der Waals surface area contributed by atoms with E-state index in [1.54, 1.807) is 12.1 Å². The van der Waals surface area contributed by atoms with Crippen molar-refractivity contribution in [1.82, 2.24) is 15.5 Å². The minimum Gasteiger partial charge on any atom is -0.345 e. The van der Waals surface area contributed by atoms with Gasteiger partial charge in [0, 0.05) is 31.2 Å². The zero-order valence-corrected chi connectivity index (χ0v) is 16.2. The van der Waals surface area contributed by atoms with Crippen molar-refractivity contribution in [2.75, 3.05) is 19.6 Å². The van der Waals surface area contributed by atoms with Crippen LogP contribution in [0.15, 0.2) is 60.7 Å². The Morgan fingerprint density at radius 3 is 2.37 bits per heavy atom. The highest BCUT2D eigenvalue weighted by Crippen LogP contribution is 2.19. The second-order valence-corrected chi connectivity index (χ2v) is 6.70. The highest BCUT2D eigenvalue weighted by molar-refractivity contribution is 5.94. The maximum atomic E-state index is 12.8. The number of hydrogen-bond acceptors (Lipinski definition) is 3. The molecular weight excluding hydrogens is 362 g/mol. The number of nitrogens with one attached hydrogen (secondary N) is 2. The van der Waals surface area contributed by atoms with Gasteiger partial charge in [-0.05, 0) is 24.6 Å². The fourth-order valence-corrected chi connectivity index (χ4v) is 3.23. The molecule has 2 aromatic rings. The molecule has 0 radical (unpaired) electrons. The fourth-order valence-electron chi connectivity index (χ4n) is 3.23. The van der Waals surface area contributed by atoms with Gasteiger partial charge in [-0.2, -0.15) is 0 Å². The molecule has 1 fully saturated rings. The minimum atomic E-state index is -0.346. The van der Waals surface area contributed by atoms with Crippen LogP contribution in [0.25, 0.3) is 0 Å². The molecule has 0 bridgehead atoms. The second-order valence-electron chi connectivity index (χ2n) is 6.70. The molecule has 3 rings (SSSR count). The summed E-state index contributed by atoms with van der Waals surface area (Å²) in [7, 11) is 0. The van der Waals surface area contributed by atoms with Gasteiger partial charge in [0.1, 0.15) is 0 Å². The Labute approximate surface area is 166 Å². The summed E-state index contributed by atoms with van der Waals surface area (Å²) in [6, 6.07) is 18.7. The number of benzene rings is 2. The van der Waals surface area contributed by atoms with Crippen molar-refractivity contribution in [3.8, 4) is 0 Å². The SMILES string of the molecule is CC1CN(C(=O)CC(NC(=O)c2ccccc2)c2ccccc2)CCN1.Cl. The lowest BCUT2D eigenvalue weighted by Gasteiger charge is -2.33. The molecule has 2 aromatic carbocycles. The van der Waals surface area contributed by atoms with Gasteiger partial charge in [0.05, 0.1) is 12.5 Å². The normalized spacial score (nSPS) is 17.5. The third kappa shape index (κ3) is 5.81. The van der Waals surface area contributed by atoms with Crippen molar-refractivity contribution >= 4 is 24.2 Å². The summed E-state index contributed by atoms with van der Waals surface area (Å²) in [6.45, 7) is 4.29. The maximum absolute atomic E-state index is 12.8. The lowest BCUT2D eigenvalue weighted by molar-refractivity contribution is -0.132. The van der Waals surface area contributed by atoms with Crippen LogP contribution in [0.4, 0.5) is 0 Å². The van der Waals surface area contributed by atoms with Crippen LogP contribution >= 0.6 is 12.4 Å². The summed E-state index contributed by atoms with van der Waals surface area (Å²) < 4.78 is 0. The van der Waals surface area contributed by atoms with Crippen LogP contribution in [0, 0.1) is 0 Å². The summed E-state index contributed by atoms with van der Waals surface area (Å²) >= 11 is 0. The summed E-state index contributed by atoms with van der Waals surface area (Å²) in [5.74, 6) is -0.0958. The van der Waals surface area contributed by atoms with E-state index in [2.05, 4.69) is 17.6 Å². The van der Waals surface area contributed by atoms with Crippen LogP contribution in [0.5, 0.6) is 0 Å². The maximum Gasteiger partial charge on any atom is 0.251 e. The minimum absolute atomic E-state index is 0. The molecule has 2 amide bonds. The van der Waals surface area contributed by atoms with Crippen LogP contribution in [0.1, 0.15) is 35.3 Å². The van der Waals surface area contributed by atoms with Gasteiger partial charge in [0.2, 0.25) is 5.91 Å². The largest absolute Gasteiger partial charge is 0.345 e. The monoisotopic (exact) mass is 387 g/mol. The van der Waals surface area contributed by atoms with E-state index in [4.69, 9.17) is 0 Å². The third-order valence-electron chi connectivity index (χ3n) is 4.64. The molecular formula is C21H26ClN3O2. The highest BCUT2D eigenvalue weighted by Gasteiger charge is 2.25. The van der Waals surface area contributed by atoms with Crippen LogP contribution in [0.3, 0.4) is 0 Å². The predicted molar refractivity (Wildman–Crippen MR) is 109 cm³/mol. The van der Waals surface area contributed by atoms with Crippen molar-refractivity contribution < 1.29 is 9.59 Å². The summed E-state index contributed by atoms with van der Waals surface area (Å²) in [5, 5.41) is 6.37. The Bertz CT molecular complexity index is 740. The lowest BCUT2D eigenvalue weighted by atomic mass is 10.0. The molecule has 0 aliphatic carbocycles. The van der Waals surface area contributed by atoms with Crippen LogP contribution in [-0.2, 0) is 4.79 Å². The molecule has 1 heterocycles. The molecule has 144 valence electrons. The van der Waals surface area contributed by atoms with Crippen molar-refractivity contribution in [2.24, 2.45) is 0 Å². The zero-order chi connectivity index (χ0) is 18.4. The van der Waals surface area contributed by atoms with Gasteiger partial charge >= 0.3 is 0 Å². The number of hydrogen-bond donors (Lipinski definition) is 2. The van der Waals surface area contributed by atoms with E-state index in [1.165, 1.54) is 0 Å². The first kappa shape index (κ1) is 20.9. The van der Waals surface area contributed by atoms with Crippen molar-refractivity contribution in [3.63, 3.8) is 0 Å². The first-order chi connectivity index (χ1) is 12.6. The van der Waals surface area contributed by atoms with Gasteiger partial charge in [0.25, 0.3) is 5.91 Å². The highest BCUT2D eigenvalue weighted by atomic mass is 35.5. The fraction of sp³-hybridized carbons (Fsp3) is 0.333. The van der Waals surface area contributed by atoms with Gasteiger partial charge < -0.3 is 15.5 Å². The molecule has 0 saturated carbocycles. The number of amides is 2. The average molecular weight is 388 g/mol. The van der Waals surface area contributed by atoms with Crippen LogP contribution in [0.2, 0.25) is 0 Å². The topological polar surface area (TPSA) is 61.4 Å². The summed E-state index contributed by atoms with van der Waals surface area (Å²) in [4.78, 5) is 27.3. The van der Waals surface area contributed by atoms with E-state index in [0.29, 0.717) is 24.7 Å². The van der Waals surface area contributed by atoms with E-state index >= 15 is 0 Å². The lowest BCUT2D eigenvalue weighted by Crippen LogP contribution is -2.51. The number of piperazine rings is 1. The summed E-state index contributed by atoms with van der Waals surface area (Å²) in [6.07, 6.45) is 0.259. The van der Waals surface area contributed by atoms with Gasteiger partial charge in [-0.3, -0.25) is 9.59 Å². The molecule has 27 heavy (non-hydrogen) atoms. The van der Waals surface area contributed by atoms with Gasteiger partial charge in [0.15, 0.2) is 0 Å². The molecule has 6 heteroatoms. The quantitative estimate of drug-likeness (QED) is 0.829. The molecule has 2 N–H and O–H groups in total. The molecule has 1 aliphatic heterocycles. The molecule has 2 unspecified atom stereocenters. The van der Waals surface area contributed by atoms with Gasteiger partial charge in [-0.15, -0.1) is 12.4 Å². The Morgan fingerprint density at radius 1 is 1.11 bits per heavy atom. The van der Waals surface area contributed by atoms with Crippen LogP contribution < -0.4 is 10.6 Å². The van der Waals surface area contributed by atoms with E-state index in [1.807, 2.05) is 53.4 Å². The molecule has 1 saturated heterocycles. The van der Waals surface area contributed by atoms with E-state index in [-0.39, 0.29) is 36.7 Å². The summed E-state index contributed by atoms with van der Waals surface area (Å²) in [5.41, 5.74) is 1.53. The predicted octanol–water partition coefficient (Wildman–Crippen LogP) is 2.79. The molecule has 0 aromatic heterocycles. The number of nitrogens with zero attached hydrogens (tertiary/aromatic N) is 1. The Kier molecular flexibility index (Phi) is 7.82. The third-order valence-corrected chi connectivity index (χ3v) is 4.64. The van der Waals surface area contributed by atoms with E-state index in [0.717, 1.165) is 12.1 Å². The van der Waals surface area contributed by atoms with Crippen molar-refractivity contribution in [3.05, 3.63) is 71.8 Å². The van der Waals surface area contributed by atoms with Gasteiger partial charge in [-0.25, -0.2) is 0 Å². The Morgan fingerprint density at radius 2 is 1.74 bits per heavy atom. The Balaban J connectivity index is 0.00000261. The van der Waals surface area contributed by atoms with Crippen LogP contribution in [-0.4, -0.2) is 42.4 Å². The van der Waals surface area contributed by atoms with Gasteiger partial charge in [-0.1, -0.05) is 48.5 Å². The first-order valence-electron chi connectivity index (χ1n) is 9.05. The standard InChI is InChI=1S/C21H25N3O2.ClH/c1-16-15-24(13-12-22-16)20(25)14-19(17-8-4-2-5-9-17)23-21(26)18-10-6-3-7-11-18;/h2-11,16,19,22H,12-15H2,1H3,(H,23,26);1H. The second kappa shape index (κ2) is 10.1. The van der Waals surface area contributed by atoms with E-state index < -0.39 is 0 Å². The molecule has 0 spiro atoms. The molecule has 1 aliphatic rings. The first-order valence-corrected chi connectivity index (χ1v) is 9.05. The molecule has 2 atom stereocenters.